The number of pyridine rings is 1. The Bertz CT molecular complexity index is 996. The summed E-state index contributed by atoms with van der Waals surface area (Å²) in [6.07, 6.45) is 1.48. The fraction of sp³-hybridized carbons (Fsp3) is 0.158. The zero-order valence-electron chi connectivity index (χ0n) is 15.0. The maximum absolute atomic E-state index is 14.2. The Morgan fingerprint density at radius 2 is 1.85 bits per heavy atom. The number of amides is 1. The number of nitrogen functional groups attached to an aromatic ring is 1. The molecule has 0 radical (unpaired) electrons. The molecule has 142 valence electrons. The van der Waals surface area contributed by atoms with E-state index in [4.69, 9.17) is 32.5 Å². The van der Waals surface area contributed by atoms with Gasteiger partial charge in [-0.1, -0.05) is 25.4 Å². The molecule has 3 rings (SSSR count). The molecule has 2 aromatic carbocycles. The van der Waals surface area contributed by atoms with Gasteiger partial charge in [-0.05, 0) is 24.3 Å². The average molecular weight is 392 g/mol. The van der Waals surface area contributed by atoms with Gasteiger partial charge < -0.3 is 20.9 Å². The molecule has 0 aliphatic carbocycles. The van der Waals surface area contributed by atoms with Gasteiger partial charge in [0, 0.05) is 17.6 Å². The fourth-order valence-corrected chi connectivity index (χ4v) is 2.50. The quantitative estimate of drug-likeness (QED) is 0.636. The summed E-state index contributed by atoms with van der Waals surface area (Å²) in [7, 11) is 1.42. The molecule has 8 heteroatoms. The van der Waals surface area contributed by atoms with E-state index in [-0.39, 0.29) is 33.5 Å². The van der Waals surface area contributed by atoms with Crippen molar-refractivity contribution in [2.45, 2.75) is 13.8 Å². The number of ether oxygens (including phenoxy) is 2. The number of carbonyl (C=O) groups excluding carboxylic acids is 1. The molecule has 0 fully saturated rings. The standard InChI is InChI=1S/C17H13ClFN3O3.C2H6/c1-24-14-7-11-8(6-9(14)17(21)23)12(4-5-22-11)25-13-3-2-10(20)15(18)16(13)19;1-2/h2-7H,20H2,1H3,(H2,21,23);1-2H3. The predicted octanol–water partition coefficient (Wildman–Crippen LogP) is 4.54. The first-order valence-electron chi connectivity index (χ1n) is 8.10. The normalized spacial score (nSPS) is 10.1. The van der Waals surface area contributed by atoms with Gasteiger partial charge in [-0.25, -0.2) is 4.39 Å². The smallest absolute Gasteiger partial charge is 0.252 e. The first kappa shape index (κ1) is 20.3. The summed E-state index contributed by atoms with van der Waals surface area (Å²) in [5.41, 5.74) is 11.7. The number of nitrogens with zero attached hydrogens (tertiary/aromatic N) is 1. The van der Waals surface area contributed by atoms with E-state index < -0.39 is 11.7 Å². The molecule has 1 amide bonds. The predicted molar refractivity (Wildman–Crippen MR) is 104 cm³/mol. The Morgan fingerprint density at radius 3 is 2.48 bits per heavy atom. The molecule has 27 heavy (non-hydrogen) atoms. The summed E-state index contributed by atoms with van der Waals surface area (Å²) in [5.74, 6) is -1.00. The maximum atomic E-state index is 14.2. The molecule has 0 aliphatic heterocycles. The molecule has 0 spiro atoms. The second-order valence-electron chi connectivity index (χ2n) is 5.13. The van der Waals surface area contributed by atoms with Gasteiger partial charge >= 0.3 is 0 Å². The Morgan fingerprint density at radius 1 is 1.15 bits per heavy atom. The van der Waals surface area contributed by atoms with E-state index in [0.29, 0.717) is 10.9 Å². The number of aromatic nitrogens is 1. The summed E-state index contributed by atoms with van der Waals surface area (Å²) in [5, 5.41) is 0.236. The molecular weight excluding hydrogens is 373 g/mol. The summed E-state index contributed by atoms with van der Waals surface area (Å²) < 4.78 is 25.0. The van der Waals surface area contributed by atoms with Crippen LogP contribution in [0.15, 0.2) is 36.5 Å². The van der Waals surface area contributed by atoms with Crippen molar-refractivity contribution in [3.63, 3.8) is 0 Å². The van der Waals surface area contributed by atoms with E-state index in [1.807, 2.05) is 13.8 Å². The Kier molecular flexibility index (Phi) is 6.41. The Hall–Kier alpha value is -3.06. The van der Waals surface area contributed by atoms with Crippen LogP contribution in [0, 0.1) is 5.82 Å². The van der Waals surface area contributed by atoms with Gasteiger partial charge in [-0.15, -0.1) is 0 Å². The highest BCUT2D eigenvalue weighted by atomic mass is 35.5. The number of carbonyl (C=O) groups is 1. The minimum atomic E-state index is -0.782. The van der Waals surface area contributed by atoms with Crippen molar-refractivity contribution in [1.82, 2.24) is 4.98 Å². The van der Waals surface area contributed by atoms with Gasteiger partial charge in [0.2, 0.25) is 0 Å². The Labute approximate surface area is 160 Å². The van der Waals surface area contributed by atoms with Gasteiger partial charge in [0.25, 0.3) is 5.91 Å². The van der Waals surface area contributed by atoms with Crippen molar-refractivity contribution in [3.05, 3.63) is 52.9 Å². The van der Waals surface area contributed by atoms with E-state index in [1.54, 1.807) is 6.07 Å². The maximum Gasteiger partial charge on any atom is 0.252 e. The molecule has 0 unspecified atom stereocenters. The minimum absolute atomic E-state index is 0.104. The zero-order chi connectivity index (χ0) is 20.1. The van der Waals surface area contributed by atoms with Crippen LogP contribution in [0.3, 0.4) is 0 Å². The number of halogens is 2. The van der Waals surface area contributed by atoms with Crippen molar-refractivity contribution in [3.8, 4) is 17.2 Å². The number of methoxy groups -OCH3 is 1. The van der Waals surface area contributed by atoms with Crippen LogP contribution in [-0.4, -0.2) is 18.0 Å². The highest BCUT2D eigenvalue weighted by Crippen LogP contribution is 2.36. The second-order valence-corrected chi connectivity index (χ2v) is 5.50. The fourth-order valence-electron chi connectivity index (χ4n) is 2.34. The van der Waals surface area contributed by atoms with Crippen molar-refractivity contribution < 1.29 is 18.7 Å². The average Bonchev–Trinajstić information content (AvgIpc) is 2.69. The molecule has 1 aromatic heterocycles. The van der Waals surface area contributed by atoms with Gasteiger partial charge in [0.15, 0.2) is 11.6 Å². The number of anilines is 1. The van der Waals surface area contributed by atoms with Gasteiger partial charge in [-0.3, -0.25) is 9.78 Å². The molecule has 0 saturated heterocycles. The highest BCUT2D eigenvalue weighted by molar-refractivity contribution is 6.33. The van der Waals surface area contributed by atoms with Gasteiger partial charge in [0.1, 0.15) is 16.5 Å². The SMILES string of the molecule is CC.COc1cc2nccc(Oc3ccc(N)c(Cl)c3F)c2cc1C(N)=O. The summed E-state index contributed by atoms with van der Waals surface area (Å²) in [6.45, 7) is 4.00. The minimum Gasteiger partial charge on any atom is -0.496 e. The lowest BCUT2D eigenvalue weighted by Crippen LogP contribution is -2.12. The van der Waals surface area contributed by atoms with Crippen molar-refractivity contribution >= 4 is 34.1 Å². The lowest BCUT2D eigenvalue weighted by Gasteiger charge is -2.13. The topological polar surface area (TPSA) is 100 Å². The molecule has 0 bridgehead atoms. The molecule has 0 saturated carbocycles. The van der Waals surface area contributed by atoms with Crippen LogP contribution in [0.1, 0.15) is 24.2 Å². The number of benzene rings is 2. The van der Waals surface area contributed by atoms with Crippen LogP contribution in [0.4, 0.5) is 10.1 Å². The molecular formula is C19H19ClFN3O3. The highest BCUT2D eigenvalue weighted by Gasteiger charge is 2.16. The van der Waals surface area contributed by atoms with Crippen LogP contribution >= 0.6 is 11.6 Å². The number of hydrogen-bond donors (Lipinski definition) is 2. The third kappa shape index (κ3) is 4.03. The number of rotatable bonds is 4. The van der Waals surface area contributed by atoms with E-state index in [0.717, 1.165) is 0 Å². The molecule has 3 aromatic rings. The zero-order valence-corrected chi connectivity index (χ0v) is 15.8. The molecule has 1 heterocycles. The molecule has 6 nitrogen and oxygen atoms in total. The third-order valence-corrected chi connectivity index (χ3v) is 3.97. The van der Waals surface area contributed by atoms with E-state index in [1.165, 1.54) is 37.6 Å². The molecule has 0 aliphatic rings. The first-order valence-corrected chi connectivity index (χ1v) is 8.48. The monoisotopic (exact) mass is 391 g/mol. The van der Waals surface area contributed by atoms with E-state index >= 15 is 0 Å². The van der Waals surface area contributed by atoms with Gasteiger partial charge in [0.05, 0.1) is 23.9 Å². The van der Waals surface area contributed by atoms with Gasteiger partial charge in [-0.2, -0.15) is 0 Å². The van der Waals surface area contributed by atoms with Crippen LogP contribution in [-0.2, 0) is 0 Å². The van der Waals surface area contributed by atoms with Crippen molar-refractivity contribution in [1.29, 1.82) is 0 Å². The second kappa shape index (κ2) is 8.55. The third-order valence-electron chi connectivity index (χ3n) is 3.58. The van der Waals surface area contributed by atoms with E-state index in [9.17, 15) is 9.18 Å². The number of hydrogen-bond acceptors (Lipinski definition) is 5. The summed E-state index contributed by atoms with van der Waals surface area (Å²) >= 11 is 5.80. The molecule has 0 atom stereocenters. The van der Waals surface area contributed by atoms with Crippen LogP contribution < -0.4 is 20.9 Å². The molecule has 4 N–H and O–H groups in total. The number of primary amides is 1. The van der Waals surface area contributed by atoms with Crippen LogP contribution in [0.2, 0.25) is 5.02 Å². The van der Waals surface area contributed by atoms with E-state index in [2.05, 4.69) is 4.98 Å². The van der Waals surface area contributed by atoms with Crippen molar-refractivity contribution in [2.75, 3.05) is 12.8 Å². The van der Waals surface area contributed by atoms with Crippen molar-refractivity contribution in [2.24, 2.45) is 5.73 Å². The summed E-state index contributed by atoms with van der Waals surface area (Å²) in [6, 6.07) is 7.36. The number of nitrogens with two attached hydrogens (primary N) is 2. The largest absolute Gasteiger partial charge is 0.496 e. The lowest BCUT2D eigenvalue weighted by molar-refractivity contribution is 0.0997. The van der Waals surface area contributed by atoms with Crippen LogP contribution in [0.25, 0.3) is 10.9 Å². The summed E-state index contributed by atoms with van der Waals surface area (Å²) in [4.78, 5) is 15.8. The Balaban J connectivity index is 0.00000126. The van der Waals surface area contributed by atoms with Crippen LogP contribution in [0.5, 0.6) is 17.2 Å². The first-order chi connectivity index (χ1) is 12.9. The lowest BCUT2D eigenvalue weighted by atomic mass is 10.1. The number of fused-ring (bicyclic) bond motifs is 1.